The molecule has 2 fully saturated rings. The third-order valence-corrected chi connectivity index (χ3v) is 7.99. The maximum atomic E-state index is 13.4. The third kappa shape index (κ3) is 7.79. The molecule has 5 rings (SSSR count). The van der Waals surface area contributed by atoms with Gasteiger partial charge >= 0.3 is 6.18 Å². The summed E-state index contributed by atoms with van der Waals surface area (Å²) in [7, 11) is 0. The molecule has 3 N–H and O–H groups in total. The highest BCUT2D eigenvalue weighted by molar-refractivity contribution is 6.34. The molecule has 2 aromatic heterocycles. The zero-order valence-electron chi connectivity index (χ0n) is 23.8. The summed E-state index contributed by atoms with van der Waals surface area (Å²) in [6.07, 6.45) is -4.49. The van der Waals surface area contributed by atoms with Crippen molar-refractivity contribution >= 4 is 35.0 Å². The second kappa shape index (κ2) is 13.5. The topological polar surface area (TPSA) is 128 Å². The van der Waals surface area contributed by atoms with E-state index in [1.807, 2.05) is 0 Å². The van der Waals surface area contributed by atoms with Crippen LogP contribution in [0.5, 0.6) is 0 Å². The number of H-pyrrole nitrogens is 1. The predicted molar refractivity (Wildman–Crippen MR) is 152 cm³/mol. The molecule has 0 bridgehead atoms. The van der Waals surface area contributed by atoms with Crippen LogP contribution in [0.1, 0.15) is 50.8 Å². The number of amides is 3. The Bertz CT molecular complexity index is 1540. The lowest BCUT2D eigenvalue weighted by molar-refractivity contribution is -0.142. The highest BCUT2D eigenvalue weighted by atomic mass is 35.5. The number of anilines is 1. The number of nitrogens with one attached hydrogen (secondary N) is 3. The number of benzene rings is 1. The molecule has 11 nitrogen and oxygen atoms in total. The Kier molecular flexibility index (Phi) is 9.72. The third-order valence-electron chi connectivity index (χ3n) is 7.68. The van der Waals surface area contributed by atoms with Crippen LogP contribution in [-0.2, 0) is 23.9 Å². The number of piperidine rings is 1. The fourth-order valence-electron chi connectivity index (χ4n) is 5.42. The van der Waals surface area contributed by atoms with Crippen molar-refractivity contribution in [2.24, 2.45) is 5.92 Å². The Morgan fingerprint density at radius 3 is 2.40 bits per heavy atom. The molecule has 3 amide bonds. The molecule has 242 valence electrons. The molecule has 3 aromatic rings. The van der Waals surface area contributed by atoms with E-state index >= 15 is 0 Å². The van der Waals surface area contributed by atoms with Gasteiger partial charge in [-0.2, -0.15) is 18.3 Å². The zero-order valence-corrected chi connectivity index (χ0v) is 24.6. The fourth-order valence-corrected chi connectivity index (χ4v) is 5.68. The van der Waals surface area contributed by atoms with Crippen LogP contribution in [-0.4, -0.2) is 93.0 Å². The van der Waals surface area contributed by atoms with Crippen molar-refractivity contribution in [3.05, 3.63) is 64.0 Å². The van der Waals surface area contributed by atoms with Gasteiger partial charge in [-0.15, -0.1) is 0 Å². The molecule has 0 atom stereocenters. The number of carbonyl (C=O) groups is 3. The molecule has 1 aromatic carbocycles. The number of aromatic amines is 1. The van der Waals surface area contributed by atoms with E-state index in [0.29, 0.717) is 30.9 Å². The molecule has 0 radical (unpaired) electrons. The molecule has 0 unspecified atom stereocenters. The van der Waals surface area contributed by atoms with Crippen molar-refractivity contribution < 1.29 is 36.3 Å². The van der Waals surface area contributed by atoms with Crippen LogP contribution in [0.2, 0.25) is 5.02 Å². The lowest BCUT2D eigenvalue weighted by Crippen LogP contribution is -2.52. The summed E-state index contributed by atoms with van der Waals surface area (Å²) < 4.78 is 66.1. The van der Waals surface area contributed by atoms with Crippen molar-refractivity contribution in [3.8, 4) is 0 Å². The van der Waals surface area contributed by atoms with Gasteiger partial charge < -0.3 is 25.4 Å². The lowest BCUT2D eigenvalue weighted by atomic mass is 9.96. The molecule has 17 heteroatoms. The van der Waals surface area contributed by atoms with Crippen LogP contribution < -0.4 is 10.6 Å². The van der Waals surface area contributed by atoms with Crippen molar-refractivity contribution in [3.63, 3.8) is 0 Å². The van der Waals surface area contributed by atoms with Gasteiger partial charge in [-0.25, -0.2) is 13.8 Å². The molecule has 0 saturated carbocycles. The smallest absolute Gasteiger partial charge is 0.339 e. The number of piperazine rings is 1. The average molecular weight is 657 g/mol. The van der Waals surface area contributed by atoms with E-state index < -0.39 is 30.7 Å². The first kappa shape index (κ1) is 32.3. The maximum Gasteiger partial charge on any atom is 0.435 e. The summed E-state index contributed by atoms with van der Waals surface area (Å²) in [6, 6.07) is 4.33. The van der Waals surface area contributed by atoms with E-state index in [1.54, 1.807) is 9.80 Å². The number of carbonyl (C=O) groups excluding carboxylic acids is 3. The van der Waals surface area contributed by atoms with E-state index in [4.69, 9.17) is 11.6 Å². The number of nitrogens with zero attached hydrogens (tertiary/aromatic N) is 5. The van der Waals surface area contributed by atoms with Crippen molar-refractivity contribution in [1.82, 2.24) is 34.9 Å². The standard InChI is InChI=1S/C28H30ClF5N8O3/c29-21-12-18(1-2-20(21)27(45)41-9-7-40(8-10-41)26(44)16-3-5-35-6-4-16)38-25(43)24-36-13-19(37-24)11-17-14-42(15-22(30)31)39-23(17)28(32,33)34/h1-2,12-14,16,22,35H,3-11,15H2,(H,36,37)(H,38,43). The van der Waals surface area contributed by atoms with Gasteiger partial charge in [0, 0.05) is 67.9 Å². The van der Waals surface area contributed by atoms with Crippen LogP contribution in [0.15, 0.2) is 30.6 Å². The fraction of sp³-hybridized carbons (Fsp3) is 0.464. The van der Waals surface area contributed by atoms with E-state index in [-0.39, 0.29) is 57.5 Å². The monoisotopic (exact) mass is 656 g/mol. The molecule has 2 aliphatic rings. The molecule has 4 heterocycles. The van der Waals surface area contributed by atoms with Gasteiger partial charge in [-0.05, 0) is 44.1 Å². The minimum absolute atomic E-state index is 0.00544. The van der Waals surface area contributed by atoms with Crippen molar-refractivity contribution in [1.29, 1.82) is 0 Å². The minimum atomic E-state index is -4.87. The number of imidazole rings is 1. The number of hydrogen-bond acceptors (Lipinski definition) is 6. The van der Waals surface area contributed by atoms with Gasteiger partial charge in [-0.1, -0.05) is 11.6 Å². The van der Waals surface area contributed by atoms with E-state index in [2.05, 4.69) is 25.7 Å². The number of alkyl halides is 5. The maximum absolute atomic E-state index is 13.4. The number of aromatic nitrogens is 4. The second-order valence-corrected chi connectivity index (χ2v) is 11.2. The van der Waals surface area contributed by atoms with Gasteiger partial charge in [0.05, 0.1) is 10.6 Å². The first-order valence-electron chi connectivity index (χ1n) is 14.2. The summed E-state index contributed by atoms with van der Waals surface area (Å²) in [5.41, 5.74) is -1.08. The van der Waals surface area contributed by atoms with Gasteiger partial charge in [0.15, 0.2) is 11.5 Å². The highest BCUT2D eigenvalue weighted by Gasteiger charge is 2.37. The molecule has 45 heavy (non-hydrogen) atoms. The van der Waals surface area contributed by atoms with Gasteiger partial charge in [0.25, 0.3) is 18.2 Å². The molecular weight excluding hydrogens is 627 g/mol. The largest absolute Gasteiger partial charge is 0.435 e. The van der Waals surface area contributed by atoms with Gasteiger partial charge in [0.1, 0.15) is 6.54 Å². The number of rotatable bonds is 8. The Labute approximate surface area is 259 Å². The van der Waals surface area contributed by atoms with E-state index in [0.717, 1.165) is 38.3 Å². The SMILES string of the molecule is O=C(Nc1ccc(C(=O)N2CCN(C(=O)C3CCNCC3)CC2)c(Cl)c1)c1ncc(Cc2cn(CC(F)F)nc2C(F)(F)F)[nH]1. The molecule has 2 aliphatic heterocycles. The summed E-state index contributed by atoms with van der Waals surface area (Å²) in [5, 5.41) is 9.14. The molecular formula is C28H30ClF5N8O3. The molecule has 0 aliphatic carbocycles. The normalized spacial score (nSPS) is 16.3. The summed E-state index contributed by atoms with van der Waals surface area (Å²) in [4.78, 5) is 48.7. The van der Waals surface area contributed by atoms with Crippen molar-refractivity contribution in [2.45, 2.75) is 38.4 Å². The quantitative estimate of drug-likeness (QED) is 0.318. The van der Waals surface area contributed by atoms with Gasteiger partial charge in [0.2, 0.25) is 5.91 Å². The minimum Gasteiger partial charge on any atom is -0.339 e. The Balaban J connectivity index is 1.18. The van der Waals surface area contributed by atoms with Crippen LogP contribution in [0.25, 0.3) is 0 Å². The van der Waals surface area contributed by atoms with Crippen molar-refractivity contribution in [2.75, 3.05) is 44.6 Å². The van der Waals surface area contributed by atoms with E-state index in [1.165, 1.54) is 18.2 Å². The second-order valence-electron chi connectivity index (χ2n) is 10.8. The van der Waals surface area contributed by atoms with E-state index in [9.17, 15) is 36.3 Å². The lowest BCUT2D eigenvalue weighted by Gasteiger charge is -2.37. The number of halogens is 6. The molecule has 2 saturated heterocycles. The first-order chi connectivity index (χ1) is 21.4. The van der Waals surface area contributed by atoms with Crippen LogP contribution >= 0.6 is 11.6 Å². The highest BCUT2D eigenvalue weighted by Crippen LogP contribution is 2.32. The first-order valence-corrected chi connectivity index (χ1v) is 14.6. The van der Waals surface area contributed by atoms with Crippen LogP contribution in [0.3, 0.4) is 0 Å². The molecule has 0 spiro atoms. The van der Waals surface area contributed by atoms with Crippen LogP contribution in [0, 0.1) is 5.92 Å². The Morgan fingerprint density at radius 2 is 1.76 bits per heavy atom. The Hall–Kier alpha value is -4.05. The average Bonchev–Trinajstić information content (AvgIpc) is 3.64. The summed E-state index contributed by atoms with van der Waals surface area (Å²) in [5.74, 6) is -1.12. The van der Waals surface area contributed by atoms with Crippen LogP contribution in [0.4, 0.5) is 27.6 Å². The van der Waals surface area contributed by atoms with Gasteiger partial charge in [-0.3, -0.25) is 19.1 Å². The Morgan fingerprint density at radius 1 is 1.07 bits per heavy atom. The predicted octanol–water partition coefficient (Wildman–Crippen LogP) is 3.67. The summed E-state index contributed by atoms with van der Waals surface area (Å²) >= 11 is 6.39. The number of hydrogen-bond donors (Lipinski definition) is 3. The summed E-state index contributed by atoms with van der Waals surface area (Å²) in [6.45, 7) is 2.23. The zero-order chi connectivity index (χ0) is 32.3.